The van der Waals surface area contributed by atoms with Crippen LogP contribution in [0.15, 0.2) is 22.6 Å². The van der Waals surface area contributed by atoms with Gasteiger partial charge in [-0.2, -0.15) is 0 Å². The number of carbonyl (C=O) groups is 1. The van der Waals surface area contributed by atoms with Gasteiger partial charge in [-0.25, -0.2) is 4.98 Å². The summed E-state index contributed by atoms with van der Waals surface area (Å²) in [6.07, 6.45) is 6.63. The molecule has 1 amide bonds. The maximum Gasteiger partial charge on any atom is 0.262 e. The van der Waals surface area contributed by atoms with Crippen LogP contribution in [0, 0.1) is 0 Å². The van der Waals surface area contributed by atoms with E-state index in [4.69, 9.17) is 0 Å². The van der Waals surface area contributed by atoms with Crippen molar-refractivity contribution in [3.05, 3.63) is 28.1 Å². The highest BCUT2D eigenvalue weighted by molar-refractivity contribution is 7.16. The lowest BCUT2D eigenvalue weighted by Crippen LogP contribution is -2.47. The fourth-order valence-corrected chi connectivity index (χ4v) is 4.69. The molecule has 0 aliphatic carbocycles. The Morgan fingerprint density at radius 1 is 1.33 bits per heavy atom. The molecule has 6 nitrogen and oxygen atoms in total. The first-order valence-corrected chi connectivity index (χ1v) is 9.56. The second kappa shape index (κ2) is 6.64. The zero-order chi connectivity index (χ0) is 16.5. The Bertz CT molecular complexity index is 799. The topological polar surface area (TPSA) is 67.2 Å². The summed E-state index contributed by atoms with van der Waals surface area (Å²) in [6.45, 7) is 2.64. The molecule has 0 unspecified atom stereocenters. The van der Waals surface area contributed by atoms with Crippen LogP contribution in [-0.2, 0) is 11.3 Å². The van der Waals surface area contributed by atoms with Crippen LogP contribution in [0.5, 0.6) is 0 Å². The number of hydrogen-bond acceptors (Lipinski definition) is 5. The fourth-order valence-electron chi connectivity index (χ4n) is 3.97. The molecule has 2 fully saturated rings. The van der Waals surface area contributed by atoms with E-state index in [1.54, 1.807) is 12.4 Å². The summed E-state index contributed by atoms with van der Waals surface area (Å²) >= 11 is 1.46. The predicted molar refractivity (Wildman–Crippen MR) is 94.3 cm³/mol. The van der Waals surface area contributed by atoms with Crippen LogP contribution in [0.1, 0.15) is 32.1 Å². The van der Waals surface area contributed by atoms with Crippen LogP contribution >= 0.6 is 11.3 Å². The van der Waals surface area contributed by atoms with E-state index in [-0.39, 0.29) is 17.5 Å². The van der Waals surface area contributed by atoms with Gasteiger partial charge in [-0.15, -0.1) is 11.3 Å². The van der Waals surface area contributed by atoms with Gasteiger partial charge in [0.2, 0.25) is 5.91 Å². The number of nitrogens with one attached hydrogen (secondary N) is 1. The highest BCUT2D eigenvalue weighted by atomic mass is 32.1. The largest absolute Gasteiger partial charge is 0.352 e. The maximum atomic E-state index is 12.3. The van der Waals surface area contributed by atoms with Crippen molar-refractivity contribution < 1.29 is 4.79 Å². The summed E-state index contributed by atoms with van der Waals surface area (Å²) in [5.74, 6) is 0.0322. The lowest BCUT2D eigenvalue weighted by Gasteiger charge is -2.32. The van der Waals surface area contributed by atoms with Crippen LogP contribution < -0.4 is 10.9 Å². The molecule has 2 saturated heterocycles. The van der Waals surface area contributed by atoms with Gasteiger partial charge < -0.3 is 5.32 Å². The maximum absolute atomic E-state index is 12.3. The van der Waals surface area contributed by atoms with Crippen LogP contribution in [0.3, 0.4) is 0 Å². The number of thiophene rings is 1. The molecule has 0 saturated carbocycles. The molecule has 2 aromatic rings. The minimum Gasteiger partial charge on any atom is -0.352 e. The van der Waals surface area contributed by atoms with E-state index in [9.17, 15) is 9.59 Å². The molecule has 0 spiro atoms. The summed E-state index contributed by atoms with van der Waals surface area (Å²) < 4.78 is 1.54. The Labute approximate surface area is 144 Å². The van der Waals surface area contributed by atoms with Gasteiger partial charge in [0.05, 0.1) is 11.7 Å². The standard InChI is InChI=1S/C17H22N4O2S/c22-15(19-13-4-8-20-7-2-1-3-14(13)20)5-9-21-11-18-16-12(17(21)23)6-10-24-16/h6,10-11,13-14H,1-5,7-9H2,(H,19,22)/t13-,14-/m1/s1. The van der Waals surface area contributed by atoms with Gasteiger partial charge in [0.1, 0.15) is 4.83 Å². The van der Waals surface area contributed by atoms with E-state index < -0.39 is 0 Å². The quantitative estimate of drug-likeness (QED) is 0.913. The second-order valence-corrected chi connectivity index (χ2v) is 7.59. The van der Waals surface area contributed by atoms with E-state index in [0.717, 1.165) is 17.8 Å². The average Bonchev–Trinajstić information content (AvgIpc) is 3.22. The number of fused-ring (bicyclic) bond motifs is 2. The first-order chi connectivity index (χ1) is 11.7. The van der Waals surface area contributed by atoms with Gasteiger partial charge in [0, 0.05) is 31.6 Å². The summed E-state index contributed by atoms with van der Waals surface area (Å²) in [6, 6.07) is 2.57. The SMILES string of the molecule is O=C(CCn1cnc2sccc2c1=O)N[C@@H]1CCN2CCCC[C@H]12. The Morgan fingerprint density at radius 3 is 3.17 bits per heavy atom. The summed E-state index contributed by atoms with van der Waals surface area (Å²) in [5, 5.41) is 5.69. The normalized spacial score (nSPS) is 24.2. The van der Waals surface area contributed by atoms with Crippen molar-refractivity contribution in [1.82, 2.24) is 19.8 Å². The van der Waals surface area contributed by atoms with E-state index in [1.165, 1.54) is 41.7 Å². The van der Waals surface area contributed by atoms with Crippen LogP contribution in [0.2, 0.25) is 0 Å². The van der Waals surface area contributed by atoms with E-state index in [1.807, 2.05) is 5.38 Å². The fraction of sp³-hybridized carbons (Fsp3) is 0.588. The van der Waals surface area contributed by atoms with Gasteiger partial charge >= 0.3 is 0 Å². The number of piperidine rings is 1. The number of nitrogens with zero attached hydrogens (tertiary/aromatic N) is 3. The first-order valence-electron chi connectivity index (χ1n) is 8.68. The number of aryl methyl sites for hydroxylation is 1. The summed E-state index contributed by atoms with van der Waals surface area (Å²) in [4.78, 5) is 32.2. The van der Waals surface area contributed by atoms with Gasteiger partial charge in [-0.05, 0) is 37.3 Å². The summed E-state index contributed by atoms with van der Waals surface area (Å²) in [7, 11) is 0. The van der Waals surface area contributed by atoms with Crippen LogP contribution in [0.4, 0.5) is 0 Å². The number of carbonyl (C=O) groups excluding carboxylic acids is 1. The second-order valence-electron chi connectivity index (χ2n) is 6.69. The molecule has 0 radical (unpaired) electrons. The van der Waals surface area contributed by atoms with Crippen molar-refractivity contribution >= 4 is 27.5 Å². The number of aromatic nitrogens is 2. The number of amides is 1. The number of hydrogen-bond donors (Lipinski definition) is 1. The van der Waals surface area contributed by atoms with Gasteiger partial charge in [0.15, 0.2) is 0 Å². The zero-order valence-electron chi connectivity index (χ0n) is 13.6. The zero-order valence-corrected chi connectivity index (χ0v) is 14.4. The smallest absolute Gasteiger partial charge is 0.262 e. The number of rotatable bonds is 4. The molecule has 128 valence electrons. The molecule has 4 heterocycles. The monoisotopic (exact) mass is 346 g/mol. The van der Waals surface area contributed by atoms with E-state index in [0.29, 0.717) is 24.4 Å². The van der Waals surface area contributed by atoms with Crippen molar-refractivity contribution in [3.63, 3.8) is 0 Å². The Balaban J connectivity index is 1.36. The molecule has 24 heavy (non-hydrogen) atoms. The van der Waals surface area contributed by atoms with Crippen molar-refractivity contribution in [2.45, 2.75) is 50.7 Å². The highest BCUT2D eigenvalue weighted by Crippen LogP contribution is 2.27. The molecule has 2 aliphatic heterocycles. The summed E-state index contributed by atoms with van der Waals surface area (Å²) in [5.41, 5.74) is -0.0617. The minimum atomic E-state index is -0.0617. The molecule has 2 atom stereocenters. The molecule has 2 aliphatic rings. The lowest BCUT2D eigenvalue weighted by atomic mass is 9.99. The average molecular weight is 346 g/mol. The van der Waals surface area contributed by atoms with Crippen molar-refractivity contribution in [2.75, 3.05) is 13.1 Å². The van der Waals surface area contributed by atoms with Gasteiger partial charge in [0.25, 0.3) is 5.56 Å². The molecular weight excluding hydrogens is 324 g/mol. The van der Waals surface area contributed by atoms with Crippen molar-refractivity contribution in [2.24, 2.45) is 0 Å². The van der Waals surface area contributed by atoms with Crippen LogP contribution in [0.25, 0.3) is 10.2 Å². The highest BCUT2D eigenvalue weighted by Gasteiger charge is 2.35. The predicted octanol–water partition coefficient (Wildman–Crippen LogP) is 1.59. The first kappa shape index (κ1) is 15.8. The lowest BCUT2D eigenvalue weighted by molar-refractivity contribution is -0.122. The Kier molecular flexibility index (Phi) is 4.37. The third-order valence-electron chi connectivity index (χ3n) is 5.23. The van der Waals surface area contributed by atoms with Gasteiger partial charge in [-0.1, -0.05) is 6.42 Å². The molecule has 7 heteroatoms. The van der Waals surface area contributed by atoms with Gasteiger partial charge in [-0.3, -0.25) is 19.1 Å². The van der Waals surface area contributed by atoms with Crippen molar-refractivity contribution in [1.29, 1.82) is 0 Å². The molecule has 4 rings (SSSR count). The Hall–Kier alpha value is -1.73. The third-order valence-corrected chi connectivity index (χ3v) is 6.05. The molecule has 0 bridgehead atoms. The molecule has 0 aromatic carbocycles. The van der Waals surface area contributed by atoms with E-state index >= 15 is 0 Å². The third kappa shape index (κ3) is 2.98. The van der Waals surface area contributed by atoms with Crippen LogP contribution in [-0.4, -0.2) is 45.5 Å². The van der Waals surface area contributed by atoms with Crippen molar-refractivity contribution in [3.8, 4) is 0 Å². The van der Waals surface area contributed by atoms with E-state index in [2.05, 4.69) is 15.2 Å². The minimum absolute atomic E-state index is 0.0322. The molecule has 2 aromatic heterocycles. The molecular formula is C17H22N4O2S. The Morgan fingerprint density at radius 2 is 2.25 bits per heavy atom. The molecule has 1 N–H and O–H groups in total.